The van der Waals surface area contributed by atoms with Gasteiger partial charge in [-0.1, -0.05) is 45.0 Å². The van der Waals surface area contributed by atoms with E-state index in [-0.39, 0.29) is 12.0 Å². The lowest BCUT2D eigenvalue weighted by atomic mass is 9.87. The van der Waals surface area contributed by atoms with E-state index in [0.29, 0.717) is 16.8 Å². The van der Waals surface area contributed by atoms with Gasteiger partial charge in [0, 0.05) is 11.8 Å². The molecule has 0 radical (unpaired) electrons. The van der Waals surface area contributed by atoms with Crippen LogP contribution >= 0.6 is 0 Å². The van der Waals surface area contributed by atoms with Crippen molar-refractivity contribution in [3.05, 3.63) is 71.3 Å². The lowest BCUT2D eigenvalue weighted by Gasteiger charge is -2.19. The molecule has 2 aromatic carbocycles. The van der Waals surface area contributed by atoms with Crippen molar-refractivity contribution in [1.29, 1.82) is 0 Å². The molecular formula is C23H25NO5. The third-order valence-corrected chi connectivity index (χ3v) is 4.12. The highest BCUT2D eigenvalue weighted by atomic mass is 16.5. The second-order valence-electron chi connectivity index (χ2n) is 7.43. The van der Waals surface area contributed by atoms with Gasteiger partial charge in [0.25, 0.3) is 5.91 Å². The highest BCUT2D eigenvalue weighted by molar-refractivity contribution is 5.94. The van der Waals surface area contributed by atoms with E-state index in [0.717, 1.165) is 5.56 Å². The highest BCUT2D eigenvalue weighted by Gasteiger charge is 2.13. The minimum absolute atomic E-state index is 0.0318. The predicted molar refractivity (Wildman–Crippen MR) is 112 cm³/mol. The molecule has 0 heterocycles. The number of rotatable bonds is 6. The van der Waals surface area contributed by atoms with E-state index in [1.165, 1.54) is 19.3 Å². The second kappa shape index (κ2) is 9.68. The van der Waals surface area contributed by atoms with E-state index in [1.807, 2.05) is 24.3 Å². The fourth-order valence-corrected chi connectivity index (χ4v) is 2.45. The molecule has 2 rings (SSSR count). The second-order valence-corrected chi connectivity index (χ2v) is 7.43. The minimum atomic E-state index is -0.639. The number of esters is 2. The Morgan fingerprint density at radius 3 is 2.14 bits per heavy atom. The average molecular weight is 395 g/mol. The molecule has 0 saturated heterocycles. The van der Waals surface area contributed by atoms with Crippen molar-refractivity contribution in [3.63, 3.8) is 0 Å². The number of anilines is 1. The van der Waals surface area contributed by atoms with E-state index in [4.69, 9.17) is 4.74 Å². The lowest BCUT2D eigenvalue weighted by Crippen LogP contribution is -2.20. The maximum absolute atomic E-state index is 11.9. The SMILES string of the molecule is COC(=O)c1ccc(/C=C/C(=O)OCC(=O)Nc2ccc(C(C)(C)C)cc2)cc1. The van der Waals surface area contributed by atoms with Crippen molar-refractivity contribution in [2.75, 3.05) is 19.0 Å². The van der Waals surface area contributed by atoms with Crippen LogP contribution in [0.4, 0.5) is 5.69 Å². The quantitative estimate of drug-likeness (QED) is 0.591. The van der Waals surface area contributed by atoms with E-state index in [1.54, 1.807) is 24.3 Å². The molecule has 0 saturated carbocycles. The summed E-state index contributed by atoms with van der Waals surface area (Å²) >= 11 is 0. The molecule has 0 aliphatic heterocycles. The van der Waals surface area contributed by atoms with Gasteiger partial charge in [-0.2, -0.15) is 0 Å². The Kier molecular flexibility index (Phi) is 7.31. The summed E-state index contributed by atoms with van der Waals surface area (Å²) in [4.78, 5) is 35.1. The summed E-state index contributed by atoms with van der Waals surface area (Å²) in [5.74, 6) is -1.49. The molecule has 6 nitrogen and oxygen atoms in total. The average Bonchev–Trinajstić information content (AvgIpc) is 2.70. The van der Waals surface area contributed by atoms with Crippen molar-refractivity contribution < 1.29 is 23.9 Å². The van der Waals surface area contributed by atoms with Crippen molar-refractivity contribution >= 4 is 29.6 Å². The normalized spacial score (nSPS) is 11.2. The van der Waals surface area contributed by atoms with Crippen molar-refractivity contribution in [2.45, 2.75) is 26.2 Å². The molecule has 0 unspecified atom stereocenters. The Morgan fingerprint density at radius 1 is 0.966 bits per heavy atom. The third-order valence-electron chi connectivity index (χ3n) is 4.12. The summed E-state index contributed by atoms with van der Waals surface area (Å²) < 4.78 is 9.57. The number of hydrogen-bond acceptors (Lipinski definition) is 5. The number of nitrogens with one attached hydrogen (secondary N) is 1. The fraction of sp³-hybridized carbons (Fsp3) is 0.261. The summed E-state index contributed by atoms with van der Waals surface area (Å²) in [5.41, 5.74) is 2.95. The van der Waals surface area contributed by atoms with Crippen molar-refractivity contribution in [3.8, 4) is 0 Å². The van der Waals surface area contributed by atoms with Crippen LogP contribution in [0, 0.1) is 0 Å². The molecule has 1 N–H and O–H groups in total. The van der Waals surface area contributed by atoms with E-state index in [2.05, 4.69) is 30.8 Å². The summed E-state index contributed by atoms with van der Waals surface area (Å²) in [7, 11) is 1.31. The summed E-state index contributed by atoms with van der Waals surface area (Å²) in [5, 5.41) is 2.69. The number of carbonyl (C=O) groups excluding carboxylic acids is 3. The molecule has 29 heavy (non-hydrogen) atoms. The number of amides is 1. The molecule has 1 amide bonds. The Labute approximate surface area is 170 Å². The molecule has 0 spiro atoms. The van der Waals surface area contributed by atoms with Gasteiger partial charge in [-0.15, -0.1) is 0 Å². The van der Waals surface area contributed by atoms with Crippen LogP contribution in [-0.4, -0.2) is 31.6 Å². The first kappa shape index (κ1) is 21.9. The molecular weight excluding hydrogens is 370 g/mol. The van der Waals surface area contributed by atoms with Gasteiger partial charge < -0.3 is 14.8 Å². The number of hydrogen-bond donors (Lipinski definition) is 1. The smallest absolute Gasteiger partial charge is 0.337 e. The molecule has 0 fully saturated rings. The first-order valence-electron chi connectivity index (χ1n) is 9.12. The fourth-order valence-electron chi connectivity index (χ4n) is 2.45. The van der Waals surface area contributed by atoms with Crippen LogP contribution in [0.3, 0.4) is 0 Å². The monoisotopic (exact) mass is 395 g/mol. The summed E-state index contributed by atoms with van der Waals surface area (Å²) in [6.45, 7) is 5.95. The van der Waals surface area contributed by atoms with Crippen LogP contribution in [-0.2, 0) is 24.5 Å². The molecule has 0 aromatic heterocycles. The van der Waals surface area contributed by atoms with Crippen LogP contribution < -0.4 is 5.32 Å². The molecule has 152 valence electrons. The topological polar surface area (TPSA) is 81.7 Å². The first-order chi connectivity index (χ1) is 13.7. The Balaban J connectivity index is 1.81. The van der Waals surface area contributed by atoms with Gasteiger partial charge in [-0.25, -0.2) is 9.59 Å². The van der Waals surface area contributed by atoms with Gasteiger partial charge in [-0.05, 0) is 46.9 Å². The molecule has 0 aliphatic rings. The molecule has 2 aromatic rings. The lowest BCUT2D eigenvalue weighted by molar-refractivity contribution is -0.142. The van der Waals surface area contributed by atoms with Crippen molar-refractivity contribution in [2.24, 2.45) is 0 Å². The zero-order valence-electron chi connectivity index (χ0n) is 17.0. The third kappa shape index (κ3) is 6.92. The summed E-state index contributed by atoms with van der Waals surface area (Å²) in [6, 6.07) is 14.1. The van der Waals surface area contributed by atoms with Crippen molar-refractivity contribution in [1.82, 2.24) is 0 Å². The molecule has 0 aliphatic carbocycles. The molecule has 0 atom stereocenters. The maximum atomic E-state index is 11.9. The minimum Gasteiger partial charge on any atom is -0.465 e. The van der Waals surface area contributed by atoms with Gasteiger partial charge in [0.05, 0.1) is 12.7 Å². The van der Waals surface area contributed by atoms with E-state index < -0.39 is 17.8 Å². The van der Waals surface area contributed by atoms with Gasteiger partial charge in [0.2, 0.25) is 0 Å². The number of methoxy groups -OCH3 is 1. The van der Waals surface area contributed by atoms with Gasteiger partial charge in [0.1, 0.15) is 0 Å². The molecule has 6 heteroatoms. The van der Waals surface area contributed by atoms with Crippen LogP contribution in [0.25, 0.3) is 6.08 Å². The largest absolute Gasteiger partial charge is 0.465 e. The standard InChI is InChI=1S/C23H25NO5/c1-23(2,3)18-10-12-19(13-11-18)24-20(25)15-29-21(26)14-7-16-5-8-17(9-6-16)22(27)28-4/h5-14H,15H2,1-4H3,(H,24,25)/b14-7+. The van der Waals surface area contributed by atoms with E-state index in [9.17, 15) is 14.4 Å². The van der Waals surface area contributed by atoms with Gasteiger partial charge >= 0.3 is 11.9 Å². The maximum Gasteiger partial charge on any atom is 0.337 e. The van der Waals surface area contributed by atoms with Crippen LogP contribution in [0.15, 0.2) is 54.6 Å². The van der Waals surface area contributed by atoms with E-state index >= 15 is 0 Å². The van der Waals surface area contributed by atoms with Gasteiger partial charge in [0.15, 0.2) is 6.61 Å². The Morgan fingerprint density at radius 2 is 1.59 bits per heavy atom. The van der Waals surface area contributed by atoms with Crippen LogP contribution in [0.2, 0.25) is 0 Å². The molecule has 0 bridgehead atoms. The number of carbonyl (C=O) groups is 3. The highest BCUT2D eigenvalue weighted by Crippen LogP contribution is 2.23. The predicted octanol–water partition coefficient (Wildman–Crippen LogP) is 3.97. The van der Waals surface area contributed by atoms with Crippen LogP contribution in [0.1, 0.15) is 42.3 Å². The van der Waals surface area contributed by atoms with Crippen LogP contribution in [0.5, 0.6) is 0 Å². The Bertz CT molecular complexity index is 890. The zero-order chi connectivity index (χ0) is 21.4. The van der Waals surface area contributed by atoms with Gasteiger partial charge in [-0.3, -0.25) is 4.79 Å². The Hall–Kier alpha value is -3.41. The first-order valence-corrected chi connectivity index (χ1v) is 9.12. The zero-order valence-corrected chi connectivity index (χ0v) is 17.0. The number of ether oxygens (including phenoxy) is 2. The number of benzene rings is 2. The summed E-state index contributed by atoms with van der Waals surface area (Å²) in [6.07, 6.45) is 2.76.